The number of para-hydroxylation sites is 1. The van der Waals surface area contributed by atoms with Gasteiger partial charge in [-0.15, -0.1) is 0 Å². The number of carbonyl (C=O) groups excluding carboxylic acids is 1. The molecule has 5 nitrogen and oxygen atoms in total. The number of methoxy groups -OCH3 is 1. The SMILES string of the molecule is COc1ccccc1CC(C)NC(=O)CN1CC(C)OC(C)C1. The second-order valence-electron chi connectivity index (χ2n) is 6.44. The molecule has 1 fully saturated rings. The molecule has 23 heavy (non-hydrogen) atoms. The van der Waals surface area contributed by atoms with Crippen LogP contribution in [0.25, 0.3) is 0 Å². The standard InChI is InChI=1S/C18H28N2O3/c1-13(9-16-7-5-6-8-17(16)22-4)19-18(21)12-20-10-14(2)23-15(3)11-20/h5-8,13-15H,9-12H2,1-4H3,(H,19,21). The number of carbonyl (C=O) groups is 1. The number of ether oxygens (including phenoxy) is 2. The van der Waals surface area contributed by atoms with Gasteiger partial charge in [0.25, 0.3) is 0 Å². The van der Waals surface area contributed by atoms with Crippen LogP contribution in [0.3, 0.4) is 0 Å². The van der Waals surface area contributed by atoms with Gasteiger partial charge in [-0.2, -0.15) is 0 Å². The molecule has 1 aliphatic rings. The van der Waals surface area contributed by atoms with Crippen molar-refractivity contribution < 1.29 is 14.3 Å². The summed E-state index contributed by atoms with van der Waals surface area (Å²) in [5.41, 5.74) is 1.11. The lowest BCUT2D eigenvalue weighted by molar-refractivity contribution is -0.126. The summed E-state index contributed by atoms with van der Waals surface area (Å²) in [6.45, 7) is 8.15. The first-order chi connectivity index (χ1) is 11.0. The molecule has 1 N–H and O–H groups in total. The maximum Gasteiger partial charge on any atom is 0.234 e. The third kappa shape index (κ3) is 5.52. The van der Waals surface area contributed by atoms with Gasteiger partial charge in [0.15, 0.2) is 0 Å². The first kappa shape index (κ1) is 17.8. The highest BCUT2D eigenvalue weighted by molar-refractivity contribution is 5.78. The van der Waals surface area contributed by atoms with Crippen molar-refractivity contribution >= 4 is 5.91 Å². The highest BCUT2D eigenvalue weighted by atomic mass is 16.5. The van der Waals surface area contributed by atoms with E-state index in [9.17, 15) is 4.79 Å². The molecule has 1 aliphatic heterocycles. The summed E-state index contributed by atoms with van der Waals surface area (Å²) in [6.07, 6.45) is 1.11. The number of amides is 1. The van der Waals surface area contributed by atoms with Gasteiger partial charge in [-0.3, -0.25) is 9.69 Å². The summed E-state index contributed by atoms with van der Waals surface area (Å²) in [6, 6.07) is 7.98. The van der Waals surface area contributed by atoms with Crippen LogP contribution in [0.15, 0.2) is 24.3 Å². The van der Waals surface area contributed by atoms with Crippen LogP contribution in [0.5, 0.6) is 5.75 Å². The van der Waals surface area contributed by atoms with E-state index in [0.717, 1.165) is 30.8 Å². The fourth-order valence-corrected chi connectivity index (χ4v) is 3.19. The molecule has 0 aromatic heterocycles. The van der Waals surface area contributed by atoms with Crippen LogP contribution < -0.4 is 10.1 Å². The molecule has 1 amide bonds. The minimum absolute atomic E-state index is 0.0636. The first-order valence-corrected chi connectivity index (χ1v) is 8.27. The molecular weight excluding hydrogens is 292 g/mol. The van der Waals surface area contributed by atoms with Crippen molar-refractivity contribution in [1.29, 1.82) is 0 Å². The van der Waals surface area contributed by atoms with Crippen LogP contribution in [0.4, 0.5) is 0 Å². The van der Waals surface area contributed by atoms with E-state index in [1.54, 1.807) is 7.11 Å². The minimum Gasteiger partial charge on any atom is -0.496 e. The van der Waals surface area contributed by atoms with Crippen LogP contribution >= 0.6 is 0 Å². The van der Waals surface area contributed by atoms with E-state index in [-0.39, 0.29) is 24.2 Å². The lowest BCUT2D eigenvalue weighted by Crippen LogP contribution is -2.50. The smallest absolute Gasteiger partial charge is 0.234 e. The van der Waals surface area contributed by atoms with Gasteiger partial charge in [-0.05, 0) is 38.8 Å². The quantitative estimate of drug-likeness (QED) is 0.869. The molecule has 3 unspecified atom stereocenters. The van der Waals surface area contributed by atoms with Crippen molar-refractivity contribution in [3.8, 4) is 5.75 Å². The van der Waals surface area contributed by atoms with Crippen LogP contribution in [-0.2, 0) is 16.0 Å². The van der Waals surface area contributed by atoms with Gasteiger partial charge in [-0.25, -0.2) is 0 Å². The molecule has 128 valence electrons. The van der Waals surface area contributed by atoms with Gasteiger partial charge in [0.05, 0.1) is 25.9 Å². The average molecular weight is 320 g/mol. The van der Waals surface area contributed by atoms with E-state index in [0.29, 0.717) is 6.54 Å². The van der Waals surface area contributed by atoms with E-state index in [1.165, 1.54) is 0 Å². The summed E-state index contributed by atoms with van der Waals surface area (Å²) in [5.74, 6) is 0.929. The third-order valence-corrected chi connectivity index (χ3v) is 3.99. The summed E-state index contributed by atoms with van der Waals surface area (Å²) < 4.78 is 11.1. The molecular formula is C18H28N2O3. The van der Waals surface area contributed by atoms with Crippen LogP contribution in [0.1, 0.15) is 26.3 Å². The number of hydrogen-bond acceptors (Lipinski definition) is 4. The number of nitrogens with zero attached hydrogens (tertiary/aromatic N) is 1. The zero-order valence-corrected chi connectivity index (χ0v) is 14.5. The van der Waals surface area contributed by atoms with E-state index in [1.807, 2.05) is 45.0 Å². The Hall–Kier alpha value is -1.59. The largest absolute Gasteiger partial charge is 0.496 e. The number of rotatable bonds is 6. The predicted octanol–water partition coefficient (Wildman–Crippen LogP) is 1.85. The van der Waals surface area contributed by atoms with Crippen molar-refractivity contribution in [3.63, 3.8) is 0 Å². The second-order valence-corrected chi connectivity index (χ2v) is 6.44. The summed E-state index contributed by atoms with van der Waals surface area (Å²) in [4.78, 5) is 14.4. The van der Waals surface area contributed by atoms with Crippen molar-refractivity contribution in [2.24, 2.45) is 0 Å². The molecule has 1 aromatic carbocycles. The van der Waals surface area contributed by atoms with Crippen molar-refractivity contribution in [1.82, 2.24) is 10.2 Å². The molecule has 0 bridgehead atoms. The van der Waals surface area contributed by atoms with Gasteiger partial charge in [0.2, 0.25) is 5.91 Å². The lowest BCUT2D eigenvalue weighted by atomic mass is 10.1. The molecule has 3 atom stereocenters. The van der Waals surface area contributed by atoms with Gasteiger partial charge in [0.1, 0.15) is 5.75 Å². The number of morpholine rings is 1. The number of nitrogens with one attached hydrogen (secondary N) is 1. The van der Waals surface area contributed by atoms with Gasteiger partial charge < -0.3 is 14.8 Å². The third-order valence-electron chi connectivity index (χ3n) is 3.99. The van der Waals surface area contributed by atoms with Crippen molar-refractivity contribution in [3.05, 3.63) is 29.8 Å². The van der Waals surface area contributed by atoms with Crippen molar-refractivity contribution in [2.45, 2.75) is 45.4 Å². The monoisotopic (exact) mass is 320 g/mol. The first-order valence-electron chi connectivity index (χ1n) is 8.27. The van der Waals surface area contributed by atoms with Crippen molar-refractivity contribution in [2.75, 3.05) is 26.7 Å². The Morgan fingerprint density at radius 2 is 2.00 bits per heavy atom. The zero-order valence-electron chi connectivity index (χ0n) is 14.5. The van der Waals surface area contributed by atoms with E-state index in [4.69, 9.17) is 9.47 Å². The Morgan fingerprint density at radius 3 is 2.65 bits per heavy atom. The fraction of sp³-hybridized carbons (Fsp3) is 0.611. The molecule has 1 aromatic rings. The Bertz CT molecular complexity index is 511. The molecule has 0 saturated carbocycles. The molecule has 2 rings (SSSR count). The molecule has 5 heteroatoms. The molecule has 1 heterocycles. The second kappa shape index (κ2) is 8.31. The van der Waals surface area contributed by atoms with Gasteiger partial charge in [-0.1, -0.05) is 18.2 Å². The summed E-state index contributed by atoms with van der Waals surface area (Å²) in [7, 11) is 1.67. The average Bonchev–Trinajstić information content (AvgIpc) is 2.46. The normalized spacial score (nSPS) is 23.3. The zero-order chi connectivity index (χ0) is 16.8. The minimum atomic E-state index is 0.0636. The Morgan fingerprint density at radius 1 is 1.35 bits per heavy atom. The van der Waals surface area contributed by atoms with E-state index >= 15 is 0 Å². The number of hydrogen-bond donors (Lipinski definition) is 1. The lowest BCUT2D eigenvalue weighted by Gasteiger charge is -2.35. The fourth-order valence-electron chi connectivity index (χ4n) is 3.19. The number of benzene rings is 1. The van der Waals surface area contributed by atoms with E-state index in [2.05, 4.69) is 10.2 Å². The maximum atomic E-state index is 12.3. The molecule has 0 aliphatic carbocycles. The Kier molecular flexibility index (Phi) is 6.42. The highest BCUT2D eigenvalue weighted by Gasteiger charge is 2.24. The molecule has 0 spiro atoms. The summed E-state index contributed by atoms with van der Waals surface area (Å²) in [5, 5.41) is 3.08. The Balaban J connectivity index is 1.82. The van der Waals surface area contributed by atoms with Gasteiger partial charge in [0, 0.05) is 19.1 Å². The van der Waals surface area contributed by atoms with Crippen LogP contribution in [0, 0.1) is 0 Å². The van der Waals surface area contributed by atoms with Crippen LogP contribution in [-0.4, -0.2) is 55.8 Å². The predicted molar refractivity (Wildman–Crippen MR) is 90.8 cm³/mol. The van der Waals surface area contributed by atoms with Gasteiger partial charge >= 0.3 is 0 Å². The Labute approximate surface area is 139 Å². The summed E-state index contributed by atoms with van der Waals surface area (Å²) >= 11 is 0. The molecule has 0 radical (unpaired) electrons. The van der Waals surface area contributed by atoms with E-state index < -0.39 is 0 Å². The topological polar surface area (TPSA) is 50.8 Å². The highest BCUT2D eigenvalue weighted by Crippen LogP contribution is 2.18. The van der Waals surface area contributed by atoms with Crippen LogP contribution in [0.2, 0.25) is 0 Å². The molecule has 1 saturated heterocycles. The maximum absolute atomic E-state index is 12.3.